The summed E-state index contributed by atoms with van der Waals surface area (Å²) < 4.78 is 0. The molecule has 0 spiro atoms. The van der Waals surface area contributed by atoms with Gasteiger partial charge >= 0.3 is 0 Å². The van der Waals surface area contributed by atoms with Crippen molar-refractivity contribution in [1.29, 1.82) is 0 Å². The average molecular weight is 249 g/mol. The van der Waals surface area contributed by atoms with E-state index in [0.717, 1.165) is 11.3 Å². The minimum absolute atomic E-state index is 0.0849. The molecule has 1 amide bonds. The molecule has 1 aromatic carbocycles. The van der Waals surface area contributed by atoms with Gasteiger partial charge in [-0.05, 0) is 17.7 Å². The van der Waals surface area contributed by atoms with Gasteiger partial charge in [0, 0.05) is 25.3 Å². The van der Waals surface area contributed by atoms with Gasteiger partial charge in [-0.2, -0.15) is 0 Å². The Kier molecular flexibility index (Phi) is 5.49. The van der Waals surface area contributed by atoms with Crippen molar-refractivity contribution in [1.82, 2.24) is 0 Å². The zero-order chi connectivity index (χ0) is 12.7. The van der Waals surface area contributed by atoms with Crippen LogP contribution in [0.3, 0.4) is 0 Å². The number of carbonyl (C=O) groups excluding carboxylic acids is 2. The van der Waals surface area contributed by atoms with Crippen LogP contribution in [0.5, 0.6) is 0 Å². The van der Waals surface area contributed by atoms with E-state index < -0.39 is 0 Å². The first-order chi connectivity index (χ1) is 8.08. The molecular weight excluding hydrogens is 234 g/mol. The van der Waals surface area contributed by atoms with Crippen molar-refractivity contribution in [3.05, 3.63) is 35.9 Å². The van der Waals surface area contributed by atoms with Gasteiger partial charge in [0.2, 0.25) is 5.91 Å². The number of rotatable bonds is 4. The topological polar surface area (TPSA) is 46.2 Å². The zero-order valence-electron chi connectivity index (χ0n) is 9.90. The van der Waals surface area contributed by atoms with Crippen molar-refractivity contribution in [3.8, 4) is 0 Å². The Balaban J connectivity index is 2.59. The van der Waals surface area contributed by atoms with E-state index in [2.05, 4.69) is 5.32 Å². The van der Waals surface area contributed by atoms with Crippen LogP contribution in [-0.4, -0.2) is 16.8 Å². The lowest BCUT2D eigenvalue weighted by Gasteiger charge is -2.02. The summed E-state index contributed by atoms with van der Waals surface area (Å²) in [7, 11) is 0. The Morgan fingerprint density at radius 1 is 1.35 bits per heavy atom. The van der Waals surface area contributed by atoms with Gasteiger partial charge in [0.15, 0.2) is 5.12 Å². The number of hydrogen-bond donors (Lipinski definition) is 1. The Bertz CT molecular complexity index is 441. The number of hydrogen-bond acceptors (Lipinski definition) is 3. The van der Waals surface area contributed by atoms with Crippen LogP contribution in [-0.2, 0) is 9.59 Å². The largest absolute Gasteiger partial charge is 0.326 e. The summed E-state index contributed by atoms with van der Waals surface area (Å²) in [5.74, 6) is 0.581. The summed E-state index contributed by atoms with van der Waals surface area (Å²) in [6.45, 7) is 3.03. The van der Waals surface area contributed by atoms with E-state index in [-0.39, 0.29) is 11.0 Å². The van der Waals surface area contributed by atoms with E-state index in [9.17, 15) is 9.59 Å². The number of nitrogens with one attached hydrogen (secondary N) is 1. The summed E-state index contributed by atoms with van der Waals surface area (Å²) >= 11 is 1.27. The Morgan fingerprint density at radius 3 is 2.76 bits per heavy atom. The molecule has 0 heterocycles. The monoisotopic (exact) mass is 249 g/mol. The van der Waals surface area contributed by atoms with Crippen molar-refractivity contribution in [2.75, 3.05) is 11.1 Å². The van der Waals surface area contributed by atoms with Crippen LogP contribution in [0.1, 0.15) is 19.4 Å². The van der Waals surface area contributed by atoms with E-state index in [1.54, 1.807) is 6.92 Å². The first-order valence-corrected chi connectivity index (χ1v) is 6.24. The average Bonchev–Trinajstić information content (AvgIpc) is 2.24. The predicted molar refractivity (Wildman–Crippen MR) is 72.9 cm³/mol. The fraction of sp³-hybridized carbons (Fsp3) is 0.231. The molecule has 4 heteroatoms. The van der Waals surface area contributed by atoms with Gasteiger partial charge in [0.05, 0.1) is 0 Å². The van der Waals surface area contributed by atoms with Gasteiger partial charge in [-0.3, -0.25) is 9.59 Å². The minimum Gasteiger partial charge on any atom is -0.326 e. The molecule has 1 rings (SSSR count). The number of anilines is 1. The van der Waals surface area contributed by atoms with Gasteiger partial charge in [-0.25, -0.2) is 0 Å². The lowest BCUT2D eigenvalue weighted by atomic mass is 10.2. The van der Waals surface area contributed by atoms with Crippen molar-refractivity contribution < 1.29 is 9.59 Å². The third kappa shape index (κ3) is 5.92. The Morgan fingerprint density at radius 2 is 2.12 bits per heavy atom. The first-order valence-electron chi connectivity index (χ1n) is 5.25. The maximum atomic E-state index is 10.9. The summed E-state index contributed by atoms with van der Waals surface area (Å²) in [6.07, 6.45) is 3.86. The molecule has 0 aliphatic rings. The third-order valence-electron chi connectivity index (χ3n) is 1.90. The second-order valence-corrected chi connectivity index (χ2v) is 4.71. The highest BCUT2D eigenvalue weighted by Crippen LogP contribution is 2.12. The molecule has 0 aromatic heterocycles. The maximum absolute atomic E-state index is 10.9. The molecule has 0 bridgehead atoms. The molecule has 90 valence electrons. The van der Waals surface area contributed by atoms with E-state index in [1.807, 2.05) is 36.4 Å². The smallest absolute Gasteiger partial charge is 0.221 e. The molecular formula is C13H15NO2S. The molecule has 0 saturated heterocycles. The highest BCUT2D eigenvalue weighted by atomic mass is 32.2. The van der Waals surface area contributed by atoms with E-state index >= 15 is 0 Å². The summed E-state index contributed by atoms with van der Waals surface area (Å²) in [5, 5.41) is 2.83. The van der Waals surface area contributed by atoms with Crippen molar-refractivity contribution >= 4 is 34.5 Å². The van der Waals surface area contributed by atoms with Crippen molar-refractivity contribution in [3.63, 3.8) is 0 Å². The molecule has 3 nitrogen and oxygen atoms in total. The lowest BCUT2D eigenvalue weighted by molar-refractivity contribution is -0.114. The van der Waals surface area contributed by atoms with Crippen molar-refractivity contribution in [2.45, 2.75) is 13.8 Å². The molecule has 0 fully saturated rings. The van der Waals surface area contributed by atoms with E-state index in [0.29, 0.717) is 5.75 Å². The zero-order valence-corrected chi connectivity index (χ0v) is 10.7. The van der Waals surface area contributed by atoms with Crippen LogP contribution in [0, 0.1) is 0 Å². The Labute approximate surface area is 105 Å². The second-order valence-electron chi connectivity index (χ2n) is 3.51. The molecule has 0 aliphatic heterocycles. The fourth-order valence-electron chi connectivity index (χ4n) is 1.27. The maximum Gasteiger partial charge on any atom is 0.221 e. The molecule has 0 aliphatic carbocycles. The molecule has 1 N–H and O–H groups in total. The van der Waals surface area contributed by atoms with Gasteiger partial charge in [-0.1, -0.05) is 36.0 Å². The number of thioether (sulfide) groups is 1. The molecule has 0 radical (unpaired) electrons. The number of carbonyl (C=O) groups is 2. The number of benzene rings is 1. The molecule has 0 saturated carbocycles. The lowest BCUT2D eigenvalue weighted by Crippen LogP contribution is -2.05. The SMILES string of the molecule is CC(=O)Nc1cccc(C=CCSC(C)=O)c1. The first kappa shape index (κ1) is 13.5. The highest BCUT2D eigenvalue weighted by molar-refractivity contribution is 8.13. The van der Waals surface area contributed by atoms with Gasteiger partial charge in [0.1, 0.15) is 0 Å². The summed E-state index contributed by atoms with van der Waals surface area (Å²) in [6, 6.07) is 7.54. The Hall–Kier alpha value is -1.55. The van der Waals surface area contributed by atoms with Crippen LogP contribution in [0.25, 0.3) is 6.08 Å². The van der Waals surface area contributed by atoms with Crippen LogP contribution >= 0.6 is 11.8 Å². The van der Waals surface area contributed by atoms with Crippen LogP contribution in [0.2, 0.25) is 0 Å². The normalized spacial score (nSPS) is 10.5. The third-order valence-corrected chi connectivity index (χ3v) is 2.67. The highest BCUT2D eigenvalue weighted by Gasteiger charge is 1.95. The van der Waals surface area contributed by atoms with E-state index in [4.69, 9.17) is 0 Å². The summed E-state index contributed by atoms with van der Waals surface area (Å²) in [5.41, 5.74) is 1.78. The van der Waals surface area contributed by atoms with Gasteiger partial charge in [-0.15, -0.1) is 0 Å². The fourth-order valence-corrected chi connectivity index (χ4v) is 1.70. The van der Waals surface area contributed by atoms with Crippen molar-refractivity contribution in [2.24, 2.45) is 0 Å². The quantitative estimate of drug-likeness (QED) is 0.892. The predicted octanol–water partition coefficient (Wildman–Crippen LogP) is 2.94. The number of amides is 1. The van der Waals surface area contributed by atoms with Gasteiger partial charge in [0.25, 0.3) is 0 Å². The minimum atomic E-state index is -0.0849. The molecule has 1 aromatic rings. The molecule has 0 unspecified atom stereocenters. The standard InChI is InChI=1S/C13H15NO2S/c1-10(15)14-13-7-3-5-12(9-13)6-4-8-17-11(2)16/h3-7,9H,8H2,1-2H3,(H,14,15). The van der Waals surface area contributed by atoms with Crippen LogP contribution < -0.4 is 5.32 Å². The van der Waals surface area contributed by atoms with E-state index in [1.165, 1.54) is 18.7 Å². The van der Waals surface area contributed by atoms with Crippen LogP contribution in [0.15, 0.2) is 30.3 Å². The molecule has 17 heavy (non-hydrogen) atoms. The van der Waals surface area contributed by atoms with Crippen LogP contribution in [0.4, 0.5) is 5.69 Å². The van der Waals surface area contributed by atoms with Gasteiger partial charge < -0.3 is 5.32 Å². The second kappa shape index (κ2) is 6.91. The summed E-state index contributed by atoms with van der Waals surface area (Å²) in [4.78, 5) is 21.6. The molecule has 0 atom stereocenters.